The predicted molar refractivity (Wildman–Crippen MR) is 166 cm³/mol. The Hall–Kier alpha value is -4.37. The number of nitrogens with zero attached hydrogens (tertiary/aromatic N) is 3. The lowest BCUT2D eigenvalue weighted by atomic mass is 9.75. The molecule has 0 saturated carbocycles. The molecule has 2 aromatic rings. The molecule has 46 heavy (non-hydrogen) atoms. The third kappa shape index (κ3) is 8.88. The zero-order valence-electron chi connectivity index (χ0n) is 26.6. The van der Waals surface area contributed by atoms with Crippen LogP contribution in [0.25, 0.3) is 11.1 Å². The molecular weight excluding hydrogens is 593 g/mol. The van der Waals surface area contributed by atoms with Crippen LogP contribution in [0.5, 0.6) is 0 Å². The average molecular weight is 636 g/mol. The van der Waals surface area contributed by atoms with Crippen molar-refractivity contribution in [3.8, 4) is 17.2 Å². The van der Waals surface area contributed by atoms with Gasteiger partial charge in [-0.15, -0.1) is 0 Å². The van der Waals surface area contributed by atoms with Crippen LogP contribution in [0.15, 0.2) is 36.7 Å². The lowest BCUT2D eigenvalue weighted by molar-refractivity contribution is -0.170. The van der Waals surface area contributed by atoms with E-state index in [-0.39, 0.29) is 36.3 Å². The van der Waals surface area contributed by atoms with Gasteiger partial charge in [0.2, 0.25) is 11.8 Å². The molecule has 2 aliphatic rings. The van der Waals surface area contributed by atoms with E-state index < -0.39 is 41.2 Å². The van der Waals surface area contributed by atoms with E-state index in [4.69, 9.17) is 10.00 Å². The number of ether oxygens (including phenoxy) is 1. The fourth-order valence-electron chi connectivity index (χ4n) is 6.08. The number of hydrogen-bond acceptors (Lipinski definition) is 8. The number of carboxylic acid groups (broad SMARTS) is 1. The predicted octanol–water partition coefficient (Wildman–Crippen LogP) is 4.12. The molecule has 2 saturated heterocycles. The van der Waals surface area contributed by atoms with Crippen molar-refractivity contribution in [1.29, 1.82) is 5.26 Å². The topological polar surface area (TPSA) is 162 Å². The number of carboxylic acids is 1. The molecule has 1 aromatic heterocycles. The van der Waals surface area contributed by atoms with Crippen LogP contribution in [0.4, 0.5) is 4.39 Å². The highest BCUT2D eigenvalue weighted by atomic mass is 19.1. The highest BCUT2D eigenvalue weighted by molar-refractivity contribution is 5.83. The summed E-state index contributed by atoms with van der Waals surface area (Å²) in [6, 6.07) is 6.63. The molecule has 3 N–H and O–H groups in total. The summed E-state index contributed by atoms with van der Waals surface area (Å²) in [7, 11) is 0. The SMILES string of the molecule is CC(C)(C)OC(=O)C1(CCC(=O)N2CCC[C@@H](C(=O)NC(CC(=O)O)c3cncc(-c4ccc(C#N)c(F)c4)c3)C2)CCNCC1. The number of amides is 2. The molecule has 11 nitrogen and oxygen atoms in total. The van der Waals surface area contributed by atoms with Gasteiger partial charge in [0.25, 0.3) is 0 Å². The summed E-state index contributed by atoms with van der Waals surface area (Å²) in [5.74, 6) is -3.14. The first-order valence-corrected chi connectivity index (χ1v) is 15.7. The second kappa shape index (κ2) is 14.8. The van der Waals surface area contributed by atoms with Crippen molar-refractivity contribution in [2.45, 2.75) is 77.4 Å². The molecule has 2 amide bonds. The van der Waals surface area contributed by atoms with Crippen LogP contribution in [0.3, 0.4) is 0 Å². The van der Waals surface area contributed by atoms with E-state index in [0.717, 1.165) is 0 Å². The van der Waals surface area contributed by atoms with Crippen LogP contribution in [-0.4, -0.2) is 70.5 Å². The van der Waals surface area contributed by atoms with Gasteiger partial charge in [-0.2, -0.15) is 5.26 Å². The van der Waals surface area contributed by atoms with Crippen LogP contribution in [0.2, 0.25) is 0 Å². The third-order valence-electron chi connectivity index (χ3n) is 8.63. The van der Waals surface area contributed by atoms with Crippen molar-refractivity contribution < 1.29 is 33.4 Å². The van der Waals surface area contributed by atoms with Gasteiger partial charge in [0.05, 0.1) is 29.4 Å². The van der Waals surface area contributed by atoms with Crippen molar-refractivity contribution >= 4 is 23.8 Å². The van der Waals surface area contributed by atoms with Gasteiger partial charge in [0, 0.05) is 37.5 Å². The fraction of sp³-hybridized carbons (Fsp3) is 0.529. The minimum atomic E-state index is -1.13. The molecule has 0 aliphatic carbocycles. The first-order valence-electron chi connectivity index (χ1n) is 15.7. The molecule has 246 valence electrons. The second-order valence-corrected chi connectivity index (χ2v) is 13.2. The monoisotopic (exact) mass is 635 g/mol. The van der Waals surface area contributed by atoms with Crippen molar-refractivity contribution in [3.05, 3.63) is 53.6 Å². The molecule has 12 heteroatoms. The summed E-state index contributed by atoms with van der Waals surface area (Å²) in [6.45, 7) is 7.50. The van der Waals surface area contributed by atoms with Crippen LogP contribution in [0, 0.1) is 28.5 Å². The number of nitriles is 1. The van der Waals surface area contributed by atoms with E-state index in [1.165, 1.54) is 24.5 Å². The van der Waals surface area contributed by atoms with Crippen molar-refractivity contribution in [2.75, 3.05) is 26.2 Å². The Morgan fingerprint density at radius 3 is 2.59 bits per heavy atom. The first-order chi connectivity index (χ1) is 21.8. The summed E-state index contributed by atoms with van der Waals surface area (Å²) < 4.78 is 20.0. The van der Waals surface area contributed by atoms with Crippen LogP contribution < -0.4 is 10.6 Å². The normalized spacial score (nSPS) is 18.6. The van der Waals surface area contributed by atoms with E-state index in [9.17, 15) is 28.7 Å². The minimum absolute atomic E-state index is 0.0993. The standard InChI is InChI=1S/C34H42FN5O6/c1-33(2,3)46-32(45)34(10-12-37-13-11-34)9-8-29(41)40-14-4-5-24(21-40)31(44)39-28(17-30(42)43)26-15-25(19-38-20-26)22-6-7-23(18-36)27(35)16-22/h6-7,15-16,19-20,24,28,37H,4-5,8-14,17,21H2,1-3H3,(H,39,44)(H,42,43)/t24-,28?/m1/s1. The van der Waals surface area contributed by atoms with E-state index in [1.54, 1.807) is 23.1 Å². The van der Waals surface area contributed by atoms with E-state index in [0.29, 0.717) is 68.4 Å². The van der Waals surface area contributed by atoms with Gasteiger partial charge in [-0.3, -0.25) is 24.2 Å². The van der Waals surface area contributed by atoms with Crippen molar-refractivity contribution in [1.82, 2.24) is 20.5 Å². The Kier molecular flexibility index (Phi) is 11.1. The minimum Gasteiger partial charge on any atom is -0.481 e. The highest BCUT2D eigenvalue weighted by Gasteiger charge is 2.43. The van der Waals surface area contributed by atoms with Crippen molar-refractivity contribution in [3.63, 3.8) is 0 Å². The van der Waals surface area contributed by atoms with Crippen LogP contribution in [-0.2, 0) is 23.9 Å². The summed E-state index contributed by atoms with van der Waals surface area (Å²) >= 11 is 0. The molecule has 4 rings (SSSR count). The number of benzene rings is 1. The number of hydrogen-bond donors (Lipinski definition) is 3. The van der Waals surface area contributed by atoms with Crippen molar-refractivity contribution in [2.24, 2.45) is 11.3 Å². The van der Waals surface area contributed by atoms with Gasteiger partial charge >= 0.3 is 11.9 Å². The Balaban J connectivity index is 1.42. The van der Waals surface area contributed by atoms with Gasteiger partial charge in [-0.05, 0) is 95.3 Å². The second-order valence-electron chi connectivity index (χ2n) is 13.2. The number of pyridine rings is 1. The van der Waals surface area contributed by atoms with Gasteiger partial charge < -0.3 is 25.4 Å². The molecule has 2 atom stereocenters. The molecule has 0 bridgehead atoms. The Bertz CT molecular complexity index is 1490. The largest absolute Gasteiger partial charge is 0.481 e. The third-order valence-corrected chi connectivity index (χ3v) is 8.63. The molecule has 0 radical (unpaired) electrons. The number of esters is 1. The quantitative estimate of drug-likeness (QED) is 0.326. The van der Waals surface area contributed by atoms with Crippen LogP contribution >= 0.6 is 0 Å². The van der Waals surface area contributed by atoms with E-state index >= 15 is 0 Å². The fourth-order valence-corrected chi connectivity index (χ4v) is 6.08. The smallest absolute Gasteiger partial charge is 0.312 e. The number of carbonyl (C=O) groups excluding carboxylic acids is 3. The molecule has 1 aromatic carbocycles. The Morgan fingerprint density at radius 2 is 1.93 bits per heavy atom. The zero-order valence-corrected chi connectivity index (χ0v) is 26.6. The summed E-state index contributed by atoms with van der Waals surface area (Å²) in [6.07, 6.45) is 5.37. The van der Waals surface area contributed by atoms with Gasteiger partial charge in [0.15, 0.2) is 0 Å². The highest BCUT2D eigenvalue weighted by Crippen LogP contribution is 2.37. The van der Waals surface area contributed by atoms with Gasteiger partial charge in [0.1, 0.15) is 17.5 Å². The molecule has 1 unspecified atom stereocenters. The first kappa shape index (κ1) is 34.5. The summed E-state index contributed by atoms with van der Waals surface area (Å²) in [5.41, 5.74) is -0.0989. The number of aromatic nitrogens is 1. The number of halogens is 1. The van der Waals surface area contributed by atoms with Crippen LogP contribution in [0.1, 0.15) is 82.9 Å². The zero-order chi connectivity index (χ0) is 33.5. The summed E-state index contributed by atoms with van der Waals surface area (Å²) in [5, 5.41) is 24.8. The summed E-state index contributed by atoms with van der Waals surface area (Å²) in [4.78, 5) is 57.7. The number of likely N-dealkylation sites (tertiary alicyclic amines) is 1. The van der Waals surface area contributed by atoms with E-state index in [1.807, 2.05) is 20.8 Å². The van der Waals surface area contributed by atoms with Gasteiger partial charge in [-0.25, -0.2) is 4.39 Å². The molecule has 2 aliphatic heterocycles. The number of aliphatic carboxylic acids is 1. The molecule has 2 fully saturated rings. The Labute approximate surface area is 268 Å². The molecule has 3 heterocycles. The maximum Gasteiger partial charge on any atom is 0.312 e. The maximum atomic E-state index is 14.3. The lowest BCUT2D eigenvalue weighted by Gasteiger charge is -2.38. The number of piperidine rings is 2. The molecule has 0 spiro atoms. The number of nitrogens with one attached hydrogen (secondary N) is 2. The molecular formula is C34H42FN5O6. The number of carbonyl (C=O) groups is 4. The lowest BCUT2D eigenvalue weighted by Crippen LogP contribution is -2.48. The number of rotatable bonds is 10. The van der Waals surface area contributed by atoms with Gasteiger partial charge in [-0.1, -0.05) is 6.07 Å². The maximum absolute atomic E-state index is 14.3. The Morgan fingerprint density at radius 1 is 1.20 bits per heavy atom. The van der Waals surface area contributed by atoms with E-state index in [2.05, 4.69) is 15.6 Å². The average Bonchev–Trinajstić information content (AvgIpc) is 3.02.